The van der Waals surface area contributed by atoms with Gasteiger partial charge in [-0.25, -0.2) is 9.18 Å². The lowest BCUT2D eigenvalue weighted by Crippen LogP contribution is -2.34. The average molecular weight is 373 g/mol. The molecule has 1 unspecified atom stereocenters. The Hall–Kier alpha value is -2.93. The zero-order chi connectivity index (χ0) is 19.4. The topological polar surface area (TPSA) is 73.9 Å². The van der Waals surface area contributed by atoms with Crippen molar-refractivity contribution in [2.75, 3.05) is 27.4 Å². The Balaban J connectivity index is 1.84. The molecule has 3 rings (SSSR count). The van der Waals surface area contributed by atoms with Crippen LogP contribution in [0.4, 0.5) is 4.39 Å². The maximum absolute atomic E-state index is 14.5. The number of methoxy groups -OCH3 is 2. The van der Waals surface area contributed by atoms with Gasteiger partial charge >= 0.3 is 5.97 Å². The minimum absolute atomic E-state index is 0.0102. The summed E-state index contributed by atoms with van der Waals surface area (Å²) in [6.45, 7) is 1.16. The van der Waals surface area contributed by atoms with Gasteiger partial charge in [-0.15, -0.1) is 0 Å². The number of benzene rings is 2. The summed E-state index contributed by atoms with van der Waals surface area (Å²) in [4.78, 5) is 24.0. The van der Waals surface area contributed by atoms with Gasteiger partial charge in [0.25, 0.3) is 5.91 Å². The molecule has 7 heteroatoms. The lowest BCUT2D eigenvalue weighted by Gasteiger charge is -2.12. The third kappa shape index (κ3) is 4.09. The van der Waals surface area contributed by atoms with Crippen LogP contribution in [-0.4, -0.2) is 45.4 Å². The van der Waals surface area contributed by atoms with Crippen LogP contribution in [0.5, 0.6) is 5.75 Å². The molecular formula is C20H20FNO5. The number of rotatable bonds is 5. The summed E-state index contributed by atoms with van der Waals surface area (Å²) >= 11 is 0. The minimum atomic E-state index is -0.680. The van der Waals surface area contributed by atoms with Crippen LogP contribution in [0.1, 0.15) is 27.1 Å². The first-order chi connectivity index (χ1) is 13.0. The van der Waals surface area contributed by atoms with Gasteiger partial charge in [0.05, 0.1) is 26.9 Å². The van der Waals surface area contributed by atoms with Crippen LogP contribution >= 0.6 is 0 Å². The van der Waals surface area contributed by atoms with Gasteiger partial charge in [0, 0.05) is 17.7 Å². The van der Waals surface area contributed by atoms with Crippen LogP contribution in [0, 0.1) is 5.82 Å². The van der Waals surface area contributed by atoms with Gasteiger partial charge in [0.2, 0.25) is 0 Å². The predicted octanol–water partition coefficient (Wildman–Crippen LogP) is 2.81. The number of carbonyl (C=O) groups excluding carboxylic acids is 2. The third-order valence-corrected chi connectivity index (χ3v) is 4.42. The van der Waals surface area contributed by atoms with Crippen molar-refractivity contribution in [3.63, 3.8) is 0 Å². The number of carbonyl (C=O) groups is 2. The molecule has 1 amide bonds. The van der Waals surface area contributed by atoms with Crippen molar-refractivity contribution in [3.8, 4) is 16.9 Å². The number of esters is 1. The van der Waals surface area contributed by atoms with E-state index in [1.54, 1.807) is 24.3 Å². The summed E-state index contributed by atoms with van der Waals surface area (Å²) in [5.41, 5.74) is 1.30. The summed E-state index contributed by atoms with van der Waals surface area (Å²) in [5.74, 6) is -1.26. The number of hydrogen-bond acceptors (Lipinski definition) is 5. The van der Waals surface area contributed by atoms with Gasteiger partial charge in [0.1, 0.15) is 17.1 Å². The molecule has 0 aromatic heterocycles. The van der Waals surface area contributed by atoms with Crippen LogP contribution in [0.25, 0.3) is 11.1 Å². The van der Waals surface area contributed by atoms with E-state index in [9.17, 15) is 14.0 Å². The fourth-order valence-corrected chi connectivity index (χ4v) is 2.93. The van der Waals surface area contributed by atoms with E-state index in [-0.39, 0.29) is 28.8 Å². The summed E-state index contributed by atoms with van der Waals surface area (Å²) in [5, 5.41) is 2.90. The smallest absolute Gasteiger partial charge is 0.341 e. The molecule has 0 radical (unpaired) electrons. The van der Waals surface area contributed by atoms with E-state index >= 15 is 0 Å². The highest BCUT2D eigenvalue weighted by molar-refractivity contribution is 5.95. The van der Waals surface area contributed by atoms with Crippen molar-refractivity contribution < 1.29 is 28.2 Å². The van der Waals surface area contributed by atoms with E-state index in [0.717, 1.165) is 12.5 Å². The highest BCUT2D eigenvalue weighted by Crippen LogP contribution is 2.31. The molecule has 6 nitrogen and oxygen atoms in total. The summed E-state index contributed by atoms with van der Waals surface area (Å²) < 4.78 is 29.6. The maximum Gasteiger partial charge on any atom is 0.341 e. The zero-order valence-corrected chi connectivity index (χ0v) is 15.1. The molecule has 2 aromatic rings. The second-order valence-electron chi connectivity index (χ2n) is 6.14. The Labute approximate surface area is 156 Å². The molecule has 1 N–H and O–H groups in total. The van der Waals surface area contributed by atoms with Crippen LogP contribution < -0.4 is 10.1 Å². The third-order valence-electron chi connectivity index (χ3n) is 4.42. The molecule has 1 saturated heterocycles. The van der Waals surface area contributed by atoms with Crippen molar-refractivity contribution in [3.05, 3.63) is 53.3 Å². The SMILES string of the molecule is COC(=O)c1cc(F)c(-c2ccc(C(=O)NC3CCOC3)cc2)cc1OC. The molecule has 1 fully saturated rings. The Bertz CT molecular complexity index is 844. The van der Waals surface area contributed by atoms with Crippen molar-refractivity contribution in [1.82, 2.24) is 5.32 Å². The lowest BCUT2D eigenvalue weighted by atomic mass is 10.0. The monoisotopic (exact) mass is 373 g/mol. The Morgan fingerprint density at radius 2 is 1.93 bits per heavy atom. The van der Waals surface area contributed by atoms with Gasteiger partial charge in [-0.05, 0) is 36.2 Å². The molecule has 2 aromatic carbocycles. The fraction of sp³-hybridized carbons (Fsp3) is 0.300. The highest BCUT2D eigenvalue weighted by Gasteiger charge is 2.20. The van der Waals surface area contributed by atoms with E-state index in [0.29, 0.717) is 24.3 Å². The van der Waals surface area contributed by atoms with Gasteiger partial charge in [-0.2, -0.15) is 0 Å². The average Bonchev–Trinajstić information content (AvgIpc) is 3.20. The highest BCUT2D eigenvalue weighted by atomic mass is 19.1. The van der Waals surface area contributed by atoms with Crippen molar-refractivity contribution in [1.29, 1.82) is 0 Å². The first-order valence-electron chi connectivity index (χ1n) is 8.48. The van der Waals surface area contributed by atoms with Crippen LogP contribution in [0.15, 0.2) is 36.4 Å². The number of amides is 1. The molecule has 1 aliphatic heterocycles. The Morgan fingerprint density at radius 3 is 2.52 bits per heavy atom. The van der Waals surface area contributed by atoms with Crippen molar-refractivity contribution >= 4 is 11.9 Å². The molecule has 0 aliphatic carbocycles. The second kappa shape index (κ2) is 8.18. The first kappa shape index (κ1) is 18.8. The quantitative estimate of drug-likeness (QED) is 0.816. The summed E-state index contributed by atoms with van der Waals surface area (Å²) in [6.07, 6.45) is 0.793. The largest absolute Gasteiger partial charge is 0.496 e. The fourth-order valence-electron chi connectivity index (χ4n) is 2.93. The van der Waals surface area contributed by atoms with E-state index in [4.69, 9.17) is 9.47 Å². The second-order valence-corrected chi connectivity index (χ2v) is 6.14. The van der Waals surface area contributed by atoms with Crippen LogP contribution in [-0.2, 0) is 9.47 Å². The van der Waals surface area contributed by atoms with E-state index in [2.05, 4.69) is 10.1 Å². The number of halogens is 1. The molecule has 27 heavy (non-hydrogen) atoms. The van der Waals surface area contributed by atoms with Gasteiger partial charge in [0.15, 0.2) is 0 Å². The maximum atomic E-state index is 14.5. The number of nitrogens with one attached hydrogen (secondary N) is 1. The Kier molecular flexibility index (Phi) is 5.71. The van der Waals surface area contributed by atoms with Crippen molar-refractivity contribution in [2.45, 2.75) is 12.5 Å². The normalized spacial score (nSPS) is 16.0. The molecular weight excluding hydrogens is 353 g/mol. The molecule has 1 aliphatic rings. The molecule has 0 spiro atoms. The Morgan fingerprint density at radius 1 is 1.19 bits per heavy atom. The predicted molar refractivity (Wildman–Crippen MR) is 96.4 cm³/mol. The standard InChI is InChI=1S/C20H20FNO5/c1-25-18-10-15(17(21)9-16(18)20(24)26-2)12-3-5-13(6-4-12)19(23)22-14-7-8-27-11-14/h3-6,9-10,14H,7-8,11H2,1-2H3,(H,22,23). The van der Waals surface area contributed by atoms with E-state index < -0.39 is 11.8 Å². The molecule has 1 atom stereocenters. The van der Waals surface area contributed by atoms with Crippen molar-refractivity contribution in [2.24, 2.45) is 0 Å². The van der Waals surface area contributed by atoms with Crippen LogP contribution in [0.3, 0.4) is 0 Å². The van der Waals surface area contributed by atoms with Gasteiger partial charge < -0.3 is 19.5 Å². The summed E-state index contributed by atoms with van der Waals surface area (Å²) in [6, 6.07) is 9.09. The molecule has 0 saturated carbocycles. The van der Waals surface area contributed by atoms with E-state index in [1.165, 1.54) is 20.3 Å². The number of ether oxygens (including phenoxy) is 3. The minimum Gasteiger partial charge on any atom is -0.496 e. The van der Waals surface area contributed by atoms with E-state index in [1.807, 2.05) is 0 Å². The molecule has 142 valence electrons. The first-order valence-corrected chi connectivity index (χ1v) is 8.48. The van der Waals surface area contributed by atoms with Gasteiger partial charge in [-0.3, -0.25) is 4.79 Å². The zero-order valence-electron chi connectivity index (χ0n) is 15.1. The van der Waals surface area contributed by atoms with Gasteiger partial charge in [-0.1, -0.05) is 12.1 Å². The number of hydrogen-bond donors (Lipinski definition) is 1. The molecule has 0 bridgehead atoms. The lowest BCUT2D eigenvalue weighted by molar-refractivity contribution is 0.0596. The summed E-state index contributed by atoms with van der Waals surface area (Å²) in [7, 11) is 2.61. The molecule has 1 heterocycles. The van der Waals surface area contributed by atoms with Crippen LogP contribution in [0.2, 0.25) is 0 Å².